The minimum absolute atomic E-state index is 0.0380. The Hall–Kier alpha value is -1.25. The molecule has 2 aromatic rings. The summed E-state index contributed by atoms with van der Waals surface area (Å²) < 4.78 is 31.3. The van der Waals surface area contributed by atoms with Crippen molar-refractivity contribution in [1.82, 2.24) is 14.4 Å². The highest BCUT2D eigenvalue weighted by Gasteiger charge is 2.43. The van der Waals surface area contributed by atoms with Crippen LogP contribution in [0.15, 0.2) is 22.0 Å². The van der Waals surface area contributed by atoms with E-state index in [1.165, 1.54) is 0 Å². The van der Waals surface area contributed by atoms with Crippen molar-refractivity contribution in [3.05, 3.63) is 23.3 Å². The molecule has 2 aliphatic rings. The average molecular weight is 325 g/mol. The van der Waals surface area contributed by atoms with Gasteiger partial charge in [0.25, 0.3) is 5.89 Å². The fourth-order valence-corrected chi connectivity index (χ4v) is 5.19. The van der Waals surface area contributed by atoms with Crippen molar-refractivity contribution in [3.8, 4) is 10.8 Å². The summed E-state index contributed by atoms with van der Waals surface area (Å²) in [6.07, 6.45) is 2.36. The molecule has 0 radical (unpaired) electrons. The lowest BCUT2D eigenvalue weighted by atomic mass is 10.1. The molecule has 21 heavy (non-hydrogen) atoms. The number of aromatic nitrogens is 2. The highest BCUT2D eigenvalue weighted by atomic mass is 32.2. The molecule has 0 unspecified atom stereocenters. The molecule has 0 spiro atoms. The van der Waals surface area contributed by atoms with Gasteiger partial charge in [-0.05, 0) is 30.7 Å². The Balaban J connectivity index is 1.51. The second kappa shape index (κ2) is 4.89. The first-order valence-corrected chi connectivity index (χ1v) is 9.39. The number of rotatable bonds is 4. The molecule has 3 heterocycles. The van der Waals surface area contributed by atoms with Crippen LogP contribution in [0, 0.1) is 0 Å². The molecule has 1 saturated heterocycles. The van der Waals surface area contributed by atoms with E-state index in [4.69, 9.17) is 4.52 Å². The Bertz CT molecular complexity index is 735. The van der Waals surface area contributed by atoms with Gasteiger partial charge in [-0.1, -0.05) is 11.2 Å². The number of hydrogen-bond acceptors (Lipinski definition) is 6. The Morgan fingerprint density at radius 3 is 2.90 bits per heavy atom. The van der Waals surface area contributed by atoms with Gasteiger partial charge in [0, 0.05) is 19.0 Å². The second-order valence-electron chi connectivity index (χ2n) is 5.52. The molecule has 1 saturated carbocycles. The van der Waals surface area contributed by atoms with E-state index in [2.05, 4.69) is 10.1 Å². The molecule has 0 N–H and O–H groups in total. The molecular formula is C13H15N3O3S2. The maximum Gasteiger partial charge on any atom is 0.267 e. The Morgan fingerprint density at radius 1 is 1.33 bits per heavy atom. The molecule has 6 nitrogen and oxygen atoms in total. The van der Waals surface area contributed by atoms with E-state index in [0.29, 0.717) is 24.8 Å². The van der Waals surface area contributed by atoms with Gasteiger partial charge in [0.1, 0.15) is 0 Å². The summed E-state index contributed by atoms with van der Waals surface area (Å²) in [7, 11) is -3.09. The van der Waals surface area contributed by atoms with E-state index < -0.39 is 10.0 Å². The summed E-state index contributed by atoms with van der Waals surface area (Å²) in [5.41, 5.74) is 0. The molecule has 1 atom stereocenters. The monoisotopic (exact) mass is 325 g/mol. The van der Waals surface area contributed by atoms with E-state index >= 15 is 0 Å². The molecule has 0 bridgehead atoms. The molecular weight excluding hydrogens is 310 g/mol. The van der Waals surface area contributed by atoms with Crippen LogP contribution < -0.4 is 0 Å². The predicted octanol–water partition coefficient (Wildman–Crippen LogP) is 2.08. The summed E-state index contributed by atoms with van der Waals surface area (Å²) in [5, 5.41) is 5.84. The van der Waals surface area contributed by atoms with Crippen LogP contribution in [0.1, 0.15) is 31.0 Å². The Morgan fingerprint density at radius 2 is 2.19 bits per heavy atom. The molecule has 2 fully saturated rings. The molecule has 1 aliphatic heterocycles. The van der Waals surface area contributed by atoms with E-state index in [9.17, 15) is 8.42 Å². The van der Waals surface area contributed by atoms with Crippen LogP contribution in [0.3, 0.4) is 0 Å². The van der Waals surface area contributed by atoms with E-state index in [1.54, 1.807) is 15.6 Å². The van der Waals surface area contributed by atoms with E-state index in [0.717, 1.165) is 24.1 Å². The van der Waals surface area contributed by atoms with Crippen LogP contribution >= 0.6 is 11.3 Å². The highest BCUT2D eigenvalue weighted by Crippen LogP contribution is 2.36. The minimum Gasteiger partial charge on any atom is -0.333 e. The standard InChI is InChI=1S/C13H15N3O3S2/c17-21(18,10-3-4-10)16-6-5-9(8-16)12-14-13(19-15-12)11-2-1-7-20-11/h1-2,7,9-10H,3-6,8H2/t9-/m0/s1. The van der Waals surface area contributed by atoms with Crippen molar-refractivity contribution in [2.24, 2.45) is 0 Å². The van der Waals surface area contributed by atoms with Gasteiger partial charge in [-0.2, -0.15) is 4.98 Å². The van der Waals surface area contributed by atoms with Gasteiger partial charge in [0.2, 0.25) is 10.0 Å². The quantitative estimate of drug-likeness (QED) is 0.860. The van der Waals surface area contributed by atoms with Gasteiger partial charge < -0.3 is 4.52 Å². The first-order valence-electron chi connectivity index (χ1n) is 7.01. The van der Waals surface area contributed by atoms with Gasteiger partial charge in [0.15, 0.2) is 5.82 Å². The van der Waals surface area contributed by atoms with Gasteiger partial charge >= 0.3 is 0 Å². The highest BCUT2D eigenvalue weighted by molar-refractivity contribution is 7.90. The predicted molar refractivity (Wildman–Crippen MR) is 78.5 cm³/mol. The van der Waals surface area contributed by atoms with Crippen LogP contribution in [0.5, 0.6) is 0 Å². The fraction of sp³-hybridized carbons (Fsp3) is 0.538. The Labute approximate surface area is 126 Å². The van der Waals surface area contributed by atoms with Crippen molar-refractivity contribution in [2.75, 3.05) is 13.1 Å². The minimum atomic E-state index is -3.09. The van der Waals surface area contributed by atoms with Crippen molar-refractivity contribution in [2.45, 2.75) is 30.4 Å². The first-order chi connectivity index (χ1) is 10.1. The van der Waals surface area contributed by atoms with Crippen molar-refractivity contribution >= 4 is 21.4 Å². The summed E-state index contributed by atoms with van der Waals surface area (Å²) in [6.45, 7) is 1.04. The smallest absolute Gasteiger partial charge is 0.267 e. The average Bonchev–Trinajstić information content (AvgIpc) is 2.93. The zero-order chi connectivity index (χ0) is 14.4. The lowest BCUT2D eigenvalue weighted by molar-refractivity contribution is 0.415. The molecule has 112 valence electrons. The van der Waals surface area contributed by atoms with Crippen LogP contribution in [0.25, 0.3) is 10.8 Å². The van der Waals surface area contributed by atoms with Crippen molar-refractivity contribution < 1.29 is 12.9 Å². The first kappa shape index (κ1) is 13.4. The summed E-state index contributed by atoms with van der Waals surface area (Å²) in [4.78, 5) is 5.36. The van der Waals surface area contributed by atoms with Gasteiger partial charge in [-0.15, -0.1) is 11.3 Å². The second-order valence-corrected chi connectivity index (χ2v) is 8.68. The molecule has 4 rings (SSSR count). The van der Waals surface area contributed by atoms with Crippen molar-refractivity contribution in [3.63, 3.8) is 0 Å². The van der Waals surface area contributed by atoms with Crippen LogP contribution in [0.4, 0.5) is 0 Å². The largest absolute Gasteiger partial charge is 0.333 e. The number of sulfonamides is 1. The zero-order valence-electron chi connectivity index (χ0n) is 11.3. The Kier molecular flexibility index (Phi) is 3.13. The number of nitrogens with zero attached hydrogens (tertiary/aromatic N) is 3. The van der Waals surface area contributed by atoms with Crippen LogP contribution in [0.2, 0.25) is 0 Å². The third-order valence-corrected chi connectivity index (χ3v) is 7.22. The van der Waals surface area contributed by atoms with Gasteiger partial charge in [-0.3, -0.25) is 0 Å². The maximum atomic E-state index is 12.2. The third kappa shape index (κ3) is 2.41. The lowest BCUT2D eigenvalue weighted by Gasteiger charge is -2.15. The molecule has 1 aliphatic carbocycles. The zero-order valence-corrected chi connectivity index (χ0v) is 12.9. The summed E-state index contributed by atoms with van der Waals surface area (Å²) >= 11 is 1.55. The lowest BCUT2D eigenvalue weighted by Crippen LogP contribution is -2.31. The molecule has 0 amide bonds. The summed E-state index contributed by atoms with van der Waals surface area (Å²) in [5.74, 6) is 1.17. The normalized spacial score (nSPS) is 23.7. The molecule has 0 aromatic carbocycles. The van der Waals surface area contributed by atoms with Crippen LogP contribution in [-0.2, 0) is 10.0 Å². The topological polar surface area (TPSA) is 76.3 Å². The fourth-order valence-electron chi connectivity index (χ4n) is 2.65. The molecule has 8 heteroatoms. The van der Waals surface area contributed by atoms with Crippen molar-refractivity contribution in [1.29, 1.82) is 0 Å². The molecule has 2 aromatic heterocycles. The van der Waals surface area contributed by atoms with Gasteiger partial charge in [-0.25, -0.2) is 12.7 Å². The van der Waals surface area contributed by atoms with E-state index in [1.807, 2.05) is 17.5 Å². The summed E-state index contributed by atoms with van der Waals surface area (Å²) in [6, 6.07) is 3.86. The number of thiophene rings is 1. The van der Waals surface area contributed by atoms with E-state index in [-0.39, 0.29) is 11.2 Å². The maximum absolute atomic E-state index is 12.2. The number of hydrogen-bond donors (Lipinski definition) is 0. The third-order valence-electron chi connectivity index (χ3n) is 4.00. The van der Waals surface area contributed by atoms with Gasteiger partial charge in [0.05, 0.1) is 10.1 Å². The SMILES string of the molecule is O=S(=O)(C1CC1)N1CC[C@H](c2noc(-c3cccs3)n2)C1. The van der Waals surface area contributed by atoms with Crippen LogP contribution in [-0.4, -0.2) is 41.2 Å².